The number of rotatable bonds is 3. The van der Waals surface area contributed by atoms with Gasteiger partial charge in [-0.15, -0.1) is 0 Å². The van der Waals surface area contributed by atoms with Crippen LogP contribution in [0.2, 0.25) is 0 Å². The molecule has 0 unspecified atom stereocenters. The van der Waals surface area contributed by atoms with E-state index >= 15 is 0 Å². The van der Waals surface area contributed by atoms with E-state index in [1.54, 1.807) is 24.3 Å². The van der Waals surface area contributed by atoms with Crippen LogP contribution in [0.25, 0.3) is 0 Å². The summed E-state index contributed by atoms with van der Waals surface area (Å²) in [5.41, 5.74) is -1.20. The lowest BCUT2D eigenvalue weighted by Crippen LogP contribution is -2.41. The van der Waals surface area contributed by atoms with Gasteiger partial charge in [0.1, 0.15) is 5.69 Å². The molecule has 1 N–H and O–H groups in total. The minimum absolute atomic E-state index is 0.323. The fraction of sp³-hybridized carbons (Fsp3) is 0.368. The Kier molecular flexibility index (Phi) is 5.01. The van der Waals surface area contributed by atoms with Crippen LogP contribution in [0, 0.1) is 0 Å². The minimum Gasteiger partial charge on any atom is -0.399 e. The number of carbonyl (C=O) groups excluding carboxylic acids is 1. The van der Waals surface area contributed by atoms with Gasteiger partial charge in [-0.05, 0) is 57.4 Å². The summed E-state index contributed by atoms with van der Waals surface area (Å²) >= 11 is 0. The molecule has 0 radical (unpaired) electrons. The molecule has 1 aromatic heterocycles. The van der Waals surface area contributed by atoms with Gasteiger partial charge in [-0.2, -0.15) is 13.2 Å². The summed E-state index contributed by atoms with van der Waals surface area (Å²) in [6.45, 7) is 7.71. The zero-order valence-electron chi connectivity index (χ0n) is 15.9. The Morgan fingerprint density at radius 1 is 1.07 bits per heavy atom. The van der Waals surface area contributed by atoms with E-state index < -0.39 is 36.0 Å². The molecule has 3 rings (SSSR count). The van der Waals surface area contributed by atoms with Crippen molar-refractivity contribution in [1.82, 2.24) is 4.98 Å². The number of anilines is 1. The average molecular weight is 392 g/mol. The van der Waals surface area contributed by atoms with Crippen LogP contribution in [0.4, 0.5) is 18.9 Å². The molecule has 28 heavy (non-hydrogen) atoms. The Morgan fingerprint density at radius 3 is 2.32 bits per heavy atom. The van der Waals surface area contributed by atoms with Crippen LogP contribution in [-0.2, 0) is 15.5 Å². The molecule has 9 heteroatoms. The number of nitrogens with one attached hydrogen (secondary N) is 1. The van der Waals surface area contributed by atoms with Crippen LogP contribution >= 0.6 is 0 Å². The summed E-state index contributed by atoms with van der Waals surface area (Å²) in [6, 6.07) is 8.31. The number of amides is 1. The van der Waals surface area contributed by atoms with Gasteiger partial charge in [-0.1, -0.05) is 12.1 Å². The number of benzene rings is 1. The summed E-state index contributed by atoms with van der Waals surface area (Å²) in [4.78, 5) is 16.1. The van der Waals surface area contributed by atoms with E-state index in [0.29, 0.717) is 17.2 Å². The molecule has 2 aromatic rings. The normalized spacial score (nSPS) is 18.2. The van der Waals surface area contributed by atoms with Crippen molar-refractivity contribution >= 4 is 24.2 Å². The molecule has 1 aliphatic rings. The first-order valence-corrected chi connectivity index (χ1v) is 8.69. The number of alkyl halides is 3. The lowest BCUT2D eigenvalue weighted by atomic mass is 9.79. The number of aromatic nitrogens is 1. The minimum atomic E-state index is -4.55. The van der Waals surface area contributed by atoms with E-state index in [0.717, 1.165) is 12.3 Å². The van der Waals surface area contributed by atoms with Gasteiger partial charge in [0.25, 0.3) is 5.91 Å². The third-order valence-corrected chi connectivity index (χ3v) is 4.99. The quantitative estimate of drug-likeness (QED) is 0.811. The van der Waals surface area contributed by atoms with Crippen molar-refractivity contribution in [3.05, 3.63) is 53.9 Å². The third kappa shape index (κ3) is 4.05. The van der Waals surface area contributed by atoms with Crippen LogP contribution in [0.3, 0.4) is 0 Å². The highest BCUT2D eigenvalue weighted by Crippen LogP contribution is 2.36. The molecule has 1 aliphatic heterocycles. The summed E-state index contributed by atoms with van der Waals surface area (Å²) in [7, 11) is -0.617. The number of halogens is 3. The maximum atomic E-state index is 12.8. The number of hydrogen-bond donors (Lipinski definition) is 1. The van der Waals surface area contributed by atoms with Crippen LogP contribution in [0.15, 0.2) is 42.6 Å². The van der Waals surface area contributed by atoms with E-state index in [4.69, 9.17) is 9.31 Å². The monoisotopic (exact) mass is 392 g/mol. The van der Waals surface area contributed by atoms with Crippen molar-refractivity contribution in [3.8, 4) is 0 Å². The van der Waals surface area contributed by atoms with Gasteiger partial charge in [0.05, 0.1) is 16.8 Å². The molecule has 0 aliphatic carbocycles. The highest BCUT2D eigenvalue weighted by molar-refractivity contribution is 6.62. The van der Waals surface area contributed by atoms with E-state index in [1.807, 2.05) is 27.7 Å². The molecule has 0 saturated carbocycles. The van der Waals surface area contributed by atoms with Gasteiger partial charge in [0.15, 0.2) is 0 Å². The lowest BCUT2D eigenvalue weighted by molar-refractivity contribution is -0.137. The van der Waals surface area contributed by atoms with Crippen molar-refractivity contribution in [2.45, 2.75) is 45.1 Å². The van der Waals surface area contributed by atoms with Crippen molar-refractivity contribution < 1.29 is 27.3 Å². The van der Waals surface area contributed by atoms with Gasteiger partial charge < -0.3 is 14.6 Å². The van der Waals surface area contributed by atoms with E-state index in [-0.39, 0.29) is 5.69 Å². The van der Waals surface area contributed by atoms with Gasteiger partial charge in [-0.25, -0.2) is 0 Å². The Balaban J connectivity index is 1.78. The number of hydrogen-bond acceptors (Lipinski definition) is 4. The zero-order valence-corrected chi connectivity index (χ0v) is 15.9. The molecular formula is C19H20BF3N2O3. The molecule has 0 spiro atoms. The number of pyridine rings is 1. The standard InChI is InChI=1S/C19H20BF3N2O3/c1-17(2)18(3,4)28-20(27-17)13-6-5-7-14(11-13)25-16(26)15-10-12(8-9-24-15)19(21,22)23/h5-11H,1-4H3,(H,25,26). The number of nitrogens with zero attached hydrogens (tertiary/aromatic N) is 1. The van der Waals surface area contributed by atoms with Crippen molar-refractivity contribution in [1.29, 1.82) is 0 Å². The third-order valence-electron chi connectivity index (χ3n) is 4.99. The molecule has 2 heterocycles. The van der Waals surface area contributed by atoms with Gasteiger partial charge >= 0.3 is 13.3 Å². The van der Waals surface area contributed by atoms with Crippen molar-refractivity contribution in [2.75, 3.05) is 5.32 Å². The van der Waals surface area contributed by atoms with E-state index in [1.165, 1.54) is 0 Å². The van der Waals surface area contributed by atoms with Crippen LogP contribution in [0.5, 0.6) is 0 Å². The summed E-state index contributed by atoms with van der Waals surface area (Å²) in [5.74, 6) is -0.739. The largest absolute Gasteiger partial charge is 0.494 e. The molecule has 0 bridgehead atoms. The first kappa shape index (κ1) is 20.4. The number of carbonyl (C=O) groups is 1. The van der Waals surface area contributed by atoms with Gasteiger partial charge in [0.2, 0.25) is 0 Å². The maximum absolute atomic E-state index is 12.8. The molecule has 1 fully saturated rings. The van der Waals surface area contributed by atoms with E-state index in [9.17, 15) is 18.0 Å². The fourth-order valence-corrected chi connectivity index (χ4v) is 2.67. The molecule has 5 nitrogen and oxygen atoms in total. The lowest BCUT2D eigenvalue weighted by Gasteiger charge is -2.32. The predicted molar refractivity (Wildman–Crippen MR) is 99.4 cm³/mol. The fourth-order valence-electron chi connectivity index (χ4n) is 2.67. The summed E-state index contributed by atoms with van der Waals surface area (Å²) in [6.07, 6.45) is -3.59. The van der Waals surface area contributed by atoms with E-state index in [2.05, 4.69) is 10.3 Å². The second-order valence-electron chi connectivity index (χ2n) is 7.60. The van der Waals surface area contributed by atoms with Gasteiger partial charge in [0, 0.05) is 11.9 Å². The molecule has 0 atom stereocenters. The average Bonchev–Trinajstić information content (AvgIpc) is 2.82. The second-order valence-corrected chi connectivity index (χ2v) is 7.60. The molecular weight excluding hydrogens is 372 g/mol. The summed E-state index contributed by atoms with van der Waals surface area (Å²) < 4.78 is 50.4. The Morgan fingerprint density at radius 2 is 1.71 bits per heavy atom. The maximum Gasteiger partial charge on any atom is 0.494 e. The first-order chi connectivity index (χ1) is 12.9. The molecule has 1 amide bonds. The Hall–Kier alpha value is -2.39. The van der Waals surface area contributed by atoms with Gasteiger partial charge in [-0.3, -0.25) is 9.78 Å². The smallest absolute Gasteiger partial charge is 0.399 e. The van der Waals surface area contributed by atoms with Crippen molar-refractivity contribution in [3.63, 3.8) is 0 Å². The first-order valence-electron chi connectivity index (χ1n) is 8.69. The van der Waals surface area contributed by atoms with Crippen LogP contribution in [-0.4, -0.2) is 29.2 Å². The second kappa shape index (κ2) is 6.90. The topological polar surface area (TPSA) is 60.5 Å². The van der Waals surface area contributed by atoms with Crippen LogP contribution < -0.4 is 10.8 Å². The van der Waals surface area contributed by atoms with Crippen molar-refractivity contribution in [2.24, 2.45) is 0 Å². The molecule has 1 saturated heterocycles. The Labute approximate surface area is 161 Å². The van der Waals surface area contributed by atoms with Crippen LogP contribution in [0.1, 0.15) is 43.7 Å². The highest BCUT2D eigenvalue weighted by atomic mass is 19.4. The molecule has 148 valence electrons. The summed E-state index contributed by atoms with van der Waals surface area (Å²) in [5, 5.41) is 2.56. The Bertz CT molecular complexity index is 884. The SMILES string of the molecule is CC1(C)OB(c2cccc(NC(=O)c3cc(C(F)(F)F)ccn3)c2)OC1(C)C. The molecule has 1 aromatic carbocycles. The predicted octanol–water partition coefficient (Wildman–Crippen LogP) is 3.65. The zero-order chi connectivity index (χ0) is 20.7. The highest BCUT2D eigenvalue weighted by Gasteiger charge is 2.51.